The Morgan fingerprint density at radius 2 is 2.09 bits per heavy atom. The minimum absolute atomic E-state index is 0.242. The summed E-state index contributed by atoms with van der Waals surface area (Å²) in [6.45, 7) is 3.39. The maximum absolute atomic E-state index is 5.68. The van der Waals surface area contributed by atoms with Gasteiger partial charge in [-0.1, -0.05) is 0 Å². The van der Waals surface area contributed by atoms with Crippen LogP contribution in [0.4, 0.5) is 0 Å². The van der Waals surface area contributed by atoms with Gasteiger partial charge in [0.1, 0.15) is 5.75 Å². The van der Waals surface area contributed by atoms with Crippen LogP contribution in [0, 0.1) is 0 Å². The van der Waals surface area contributed by atoms with Crippen LogP contribution in [0.15, 0.2) is 47.1 Å². The summed E-state index contributed by atoms with van der Waals surface area (Å²) in [7, 11) is 1.63. The van der Waals surface area contributed by atoms with Gasteiger partial charge in [-0.3, -0.25) is 4.68 Å². The van der Waals surface area contributed by atoms with Gasteiger partial charge < -0.3 is 14.5 Å². The van der Waals surface area contributed by atoms with Crippen molar-refractivity contribution in [3.63, 3.8) is 0 Å². The number of ether oxygens (including phenoxy) is 1. The summed E-state index contributed by atoms with van der Waals surface area (Å²) < 4.78 is 12.7. The van der Waals surface area contributed by atoms with Crippen LogP contribution in [-0.2, 0) is 13.1 Å². The van der Waals surface area contributed by atoms with Crippen LogP contribution >= 0.6 is 0 Å². The standard InChI is InChI=1S/C16H19N5O2/c1-12(11-21-9-3-8-18-21)17-10-15-19-20-16(23-15)13-4-6-14(22-2)7-5-13/h3-9,12,17H,10-11H2,1-2H3/t12-/m1/s1. The number of hydrogen-bond donors (Lipinski definition) is 1. The van der Waals surface area contributed by atoms with E-state index in [9.17, 15) is 0 Å². The number of nitrogens with one attached hydrogen (secondary N) is 1. The number of methoxy groups -OCH3 is 1. The molecule has 2 heterocycles. The van der Waals surface area contributed by atoms with E-state index in [0.29, 0.717) is 18.3 Å². The molecular formula is C16H19N5O2. The Balaban J connectivity index is 1.56. The Kier molecular flexibility index (Phi) is 4.68. The normalized spacial score (nSPS) is 12.3. The minimum atomic E-state index is 0.242. The maximum Gasteiger partial charge on any atom is 0.247 e. The fraction of sp³-hybridized carbons (Fsp3) is 0.312. The Morgan fingerprint density at radius 3 is 2.78 bits per heavy atom. The van der Waals surface area contributed by atoms with Gasteiger partial charge in [0.15, 0.2) is 0 Å². The predicted molar refractivity (Wildman–Crippen MR) is 84.8 cm³/mol. The lowest BCUT2D eigenvalue weighted by Gasteiger charge is -2.11. The van der Waals surface area contributed by atoms with Gasteiger partial charge in [-0.05, 0) is 37.3 Å². The van der Waals surface area contributed by atoms with E-state index in [1.807, 2.05) is 41.2 Å². The number of aromatic nitrogens is 4. The van der Waals surface area contributed by atoms with Crippen molar-refractivity contribution in [2.75, 3.05) is 7.11 Å². The molecule has 23 heavy (non-hydrogen) atoms. The van der Waals surface area contributed by atoms with Gasteiger partial charge in [0.2, 0.25) is 11.8 Å². The van der Waals surface area contributed by atoms with Crippen molar-refractivity contribution < 1.29 is 9.15 Å². The van der Waals surface area contributed by atoms with Gasteiger partial charge in [-0.25, -0.2) is 0 Å². The quantitative estimate of drug-likeness (QED) is 0.720. The molecular weight excluding hydrogens is 294 g/mol. The fourth-order valence-corrected chi connectivity index (χ4v) is 2.19. The molecule has 0 aliphatic rings. The van der Waals surface area contributed by atoms with Gasteiger partial charge in [0.25, 0.3) is 0 Å². The summed E-state index contributed by atoms with van der Waals surface area (Å²) in [5.41, 5.74) is 0.870. The van der Waals surface area contributed by atoms with Crippen LogP contribution in [0.25, 0.3) is 11.5 Å². The Bertz CT molecular complexity index is 721. The van der Waals surface area contributed by atoms with Gasteiger partial charge >= 0.3 is 0 Å². The number of nitrogens with zero attached hydrogens (tertiary/aromatic N) is 4. The van der Waals surface area contributed by atoms with E-state index in [2.05, 4.69) is 27.5 Å². The van der Waals surface area contributed by atoms with Crippen molar-refractivity contribution in [2.45, 2.75) is 26.1 Å². The van der Waals surface area contributed by atoms with Crippen molar-refractivity contribution in [1.29, 1.82) is 0 Å². The van der Waals surface area contributed by atoms with Crippen molar-refractivity contribution >= 4 is 0 Å². The summed E-state index contributed by atoms with van der Waals surface area (Å²) in [4.78, 5) is 0. The second-order valence-corrected chi connectivity index (χ2v) is 5.24. The third kappa shape index (κ3) is 3.95. The first-order chi connectivity index (χ1) is 11.2. The van der Waals surface area contributed by atoms with Crippen LogP contribution in [0.1, 0.15) is 12.8 Å². The summed E-state index contributed by atoms with van der Waals surface area (Å²) >= 11 is 0. The molecule has 1 aromatic carbocycles. The lowest BCUT2D eigenvalue weighted by Crippen LogP contribution is -2.30. The van der Waals surface area contributed by atoms with Gasteiger partial charge in [-0.2, -0.15) is 5.10 Å². The topological polar surface area (TPSA) is 78.0 Å². The smallest absolute Gasteiger partial charge is 0.247 e. The molecule has 0 bridgehead atoms. The third-order valence-corrected chi connectivity index (χ3v) is 3.43. The molecule has 0 saturated heterocycles. The highest BCUT2D eigenvalue weighted by Gasteiger charge is 2.10. The minimum Gasteiger partial charge on any atom is -0.497 e. The van der Waals surface area contributed by atoms with E-state index in [-0.39, 0.29) is 6.04 Å². The van der Waals surface area contributed by atoms with Crippen molar-refractivity contribution in [1.82, 2.24) is 25.3 Å². The molecule has 0 saturated carbocycles. The second-order valence-electron chi connectivity index (χ2n) is 5.24. The van der Waals surface area contributed by atoms with E-state index in [0.717, 1.165) is 17.9 Å². The molecule has 7 heteroatoms. The van der Waals surface area contributed by atoms with Crippen LogP contribution < -0.4 is 10.1 Å². The molecule has 2 aromatic heterocycles. The van der Waals surface area contributed by atoms with Crippen LogP contribution in [0.5, 0.6) is 5.75 Å². The van der Waals surface area contributed by atoms with Gasteiger partial charge in [-0.15, -0.1) is 10.2 Å². The van der Waals surface area contributed by atoms with E-state index >= 15 is 0 Å². The summed E-state index contributed by atoms with van der Waals surface area (Å²) in [5.74, 6) is 1.86. The lowest BCUT2D eigenvalue weighted by atomic mass is 10.2. The number of rotatable bonds is 7. The molecule has 1 atom stereocenters. The average molecular weight is 313 g/mol. The third-order valence-electron chi connectivity index (χ3n) is 3.43. The maximum atomic E-state index is 5.68. The fourth-order valence-electron chi connectivity index (χ4n) is 2.19. The molecule has 0 spiro atoms. The van der Waals surface area contributed by atoms with Gasteiger partial charge in [0, 0.05) is 24.0 Å². The van der Waals surface area contributed by atoms with Crippen molar-refractivity contribution in [3.8, 4) is 17.2 Å². The number of hydrogen-bond acceptors (Lipinski definition) is 6. The molecule has 3 aromatic rings. The summed E-state index contributed by atoms with van der Waals surface area (Å²) in [6, 6.07) is 9.67. The molecule has 7 nitrogen and oxygen atoms in total. The second kappa shape index (κ2) is 7.06. The Morgan fingerprint density at radius 1 is 1.26 bits per heavy atom. The Labute approximate surface area is 134 Å². The largest absolute Gasteiger partial charge is 0.497 e. The molecule has 0 aliphatic heterocycles. The molecule has 120 valence electrons. The predicted octanol–water partition coefficient (Wildman–Crippen LogP) is 2.12. The summed E-state index contributed by atoms with van der Waals surface area (Å²) in [6.07, 6.45) is 3.71. The zero-order valence-electron chi connectivity index (χ0n) is 13.1. The van der Waals surface area contributed by atoms with E-state index in [1.54, 1.807) is 13.3 Å². The highest BCUT2D eigenvalue weighted by molar-refractivity contribution is 5.53. The molecule has 1 N–H and O–H groups in total. The van der Waals surface area contributed by atoms with Crippen molar-refractivity contribution in [2.24, 2.45) is 0 Å². The first-order valence-corrected chi connectivity index (χ1v) is 7.42. The summed E-state index contributed by atoms with van der Waals surface area (Å²) in [5, 5.41) is 15.7. The Hall–Kier alpha value is -2.67. The van der Waals surface area contributed by atoms with Crippen LogP contribution in [0.2, 0.25) is 0 Å². The van der Waals surface area contributed by atoms with Crippen molar-refractivity contribution in [3.05, 3.63) is 48.6 Å². The average Bonchev–Trinajstić information content (AvgIpc) is 3.25. The molecule has 0 amide bonds. The van der Waals surface area contributed by atoms with Crippen LogP contribution in [0.3, 0.4) is 0 Å². The first kappa shape index (κ1) is 15.2. The van der Waals surface area contributed by atoms with E-state index in [1.165, 1.54) is 0 Å². The monoisotopic (exact) mass is 313 g/mol. The van der Waals surface area contributed by atoms with Crippen LogP contribution in [-0.4, -0.2) is 33.1 Å². The van der Waals surface area contributed by atoms with E-state index < -0.39 is 0 Å². The number of benzene rings is 1. The van der Waals surface area contributed by atoms with E-state index in [4.69, 9.17) is 9.15 Å². The van der Waals surface area contributed by atoms with Gasteiger partial charge in [0.05, 0.1) is 20.2 Å². The zero-order valence-corrected chi connectivity index (χ0v) is 13.1. The highest BCUT2D eigenvalue weighted by Crippen LogP contribution is 2.21. The molecule has 3 rings (SSSR count). The lowest BCUT2D eigenvalue weighted by molar-refractivity contribution is 0.410. The first-order valence-electron chi connectivity index (χ1n) is 7.42. The molecule has 0 unspecified atom stereocenters. The zero-order chi connectivity index (χ0) is 16.1. The molecule has 0 radical (unpaired) electrons. The molecule has 0 aliphatic carbocycles. The molecule has 0 fully saturated rings. The highest BCUT2D eigenvalue weighted by atomic mass is 16.5. The SMILES string of the molecule is COc1ccc(-c2nnc(CN[C@H](C)Cn3cccn3)o2)cc1.